The zero-order valence-electron chi connectivity index (χ0n) is 7.74. The van der Waals surface area contributed by atoms with Crippen molar-refractivity contribution in [2.75, 3.05) is 7.05 Å². The Kier molecular flexibility index (Phi) is 3.29. The molecule has 0 bridgehead atoms. The van der Waals surface area contributed by atoms with Crippen LogP contribution in [0.3, 0.4) is 0 Å². The third-order valence-electron chi connectivity index (χ3n) is 1.88. The fraction of sp³-hybridized carbons (Fsp3) is 0.400. The maximum Gasteiger partial charge on any atom is 0.0233 e. The zero-order valence-corrected chi connectivity index (χ0v) is 9.33. The van der Waals surface area contributed by atoms with Crippen LogP contribution < -0.4 is 5.32 Å². The molecule has 0 saturated heterocycles. The van der Waals surface area contributed by atoms with Crippen LogP contribution in [0.4, 0.5) is 0 Å². The van der Waals surface area contributed by atoms with Crippen LogP contribution in [-0.4, -0.2) is 7.05 Å². The third kappa shape index (κ3) is 2.08. The van der Waals surface area contributed by atoms with Gasteiger partial charge in [-0.15, -0.1) is 0 Å². The van der Waals surface area contributed by atoms with Crippen molar-refractivity contribution in [2.45, 2.75) is 20.4 Å². The molecule has 66 valence electrons. The second-order valence-electron chi connectivity index (χ2n) is 3.07. The summed E-state index contributed by atoms with van der Waals surface area (Å²) in [5.74, 6) is 0. The van der Waals surface area contributed by atoms with Crippen LogP contribution in [0.25, 0.3) is 0 Å². The van der Waals surface area contributed by atoms with Gasteiger partial charge >= 0.3 is 0 Å². The molecule has 1 nitrogen and oxygen atoms in total. The zero-order chi connectivity index (χ0) is 9.14. The van der Waals surface area contributed by atoms with Gasteiger partial charge in [-0.1, -0.05) is 28.1 Å². The van der Waals surface area contributed by atoms with E-state index in [9.17, 15) is 0 Å². The van der Waals surface area contributed by atoms with Crippen molar-refractivity contribution < 1.29 is 0 Å². The first-order valence-electron chi connectivity index (χ1n) is 4.05. The molecule has 0 aromatic heterocycles. The summed E-state index contributed by atoms with van der Waals surface area (Å²) in [5, 5.41) is 3.14. The Morgan fingerprint density at radius 1 is 1.25 bits per heavy atom. The van der Waals surface area contributed by atoms with Gasteiger partial charge in [0.2, 0.25) is 0 Å². The molecule has 0 saturated carbocycles. The van der Waals surface area contributed by atoms with E-state index in [1.54, 1.807) is 0 Å². The van der Waals surface area contributed by atoms with Crippen molar-refractivity contribution in [2.24, 2.45) is 0 Å². The van der Waals surface area contributed by atoms with Gasteiger partial charge in [0.05, 0.1) is 0 Å². The molecule has 0 atom stereocenters. The molecule has 1 rings (SSSR count). The molecule has 12 heavy (non-hydrogen) atoms. The summed E-state index contributed by atoms with van der Waals surface area (Å²) in [5.41, 5.74) is 3.95. The fourth-order valence-corrected chi connectivity index (χ4v) is 1.57. The lowest BCUT2D eigenvalue weighted by molar-refractivity contribution is 0.815. The Labute approximate surface area is 82.3 Å². The smallest absolute Gasteiger partial charge is 0.0233 e. The number of hydrogen-bond donors (Lipinski definition) is 1. The lowest BCUT2D eigenvalue weighted by Crippen LogP contribution is -2.05. The molecule has 0 aliphatic rings. The van der Waals surface area contributed by atoms with Crippen molar-refractivity contribution in [3.8, 4) is 0 Å². The summed E-state index contributed by atoms with van der Waals surface area (Å²) in [4.78, 5) is 0. The molecular formula is C10H14BrN. The number of rotatable bonds is 2. The summed E-state index contributed by atoms with van der Waals surface area (Å²) < 4.78 is 1.22. The second kappa shape index (κ2) is 4.06. The number of halogens is 1. The lowest BCUT2D eigenvalue weighted by Gasteiger charge is -2.06. The molecule has 0 fully saturated rings. The number of benzene rings is 1. The maximum absolute atomic E-state index is 3.54. The van der Waals surface area contributed by atoms with E-state index < -0.39 is 0 Å². The molecule has 0 radical (unpaired) electrons. The van der Waals surface area contributed by atoms with E-state index in [1.807, 2.05) is 7.05 Å². The molecule has 2 heteroatoms. The highest BCUT2D eigenvalue weighted by molar-refractivity contribution is 9.10. The number of aryl methyl sites for hydroxylation is 2. The summed E-state index contributed by atoms with van der Waals surface area (Å²) in [7, 11) is 1.96. The van der Waals surface area contributed by atoms with E-state index in [-0.39, 0.29) is 0 Å². The van der Waals surface area contributed by atoms with Gasteiger partial charge < -0.3 is 5.32 Å². The first kappa shape index (κ1) is 9.75. The van der Waals surface area contributed by atoms with Crippen LogP contribution in [0.15, 0.2) is 16.6 Å². The molecular weight excluding hydrogens is 214 g/mol. The van der Waals surface area contributed by atoms with E-state index in [0.717, 1.165) is 6.54 Å². The quantitative estimate of drug-likeness (QED) is 0.820. The van der Waals surface area contributed by atoms with Gasteiger partial charge in [-0.05, 0) is 37.6 Å². The summed E-state index contributed by atoms with van der Waals surface area (Å²) in [6.07, 6.45) is 0. The second-order valence-corrected chi connectivity index (χ2v) is 3.87. The van der Waals surface area contributed by atoms with Gasteiger partial charge in [-0.2, -0.15) is 0 Å². The van der Waals surface area contributed by atoms with Crippen LogP contribution in [0.5, 0.6) is 0 Å². The van der Waals surface area contributed by atoms with Crippen LogP contribution in [0.1, 0.15) is 16.7 Å². The number of nitrogens with one attached hydrogen (secondary N) is 1. The Balaban J connectivity index is 3.04. The largest absolute Gasteiger partial charge is 0.316 e. The summed E-state index contributed by atoms with van der Waals surface area (Å²) in [6.45, 7) is 5.18. The monoisotopic (exact) mass is 227 g/mol. The molecule has 0 unspecified atom stereocenters. The van der Waals surface area contributed by atoms with Crippen molar-refractivity contribution in [3.05, 3.63) is 33.3 Å². The average Bonchev–Trinajstić information content (AvgIpc) is 2.01. The predicted octanol–water partition coefficient (Wildman–Crippen LogP) is 2.79. The lowest BCUT2D eigenvalue weighted by atomic mass is 10.1. The topological polar surface area (TPSA) is 12.0 Å². The first-order valence-corrected chi connectivity index (χ1v) is 4.84. The Bertz CT molecular complexity index is 258. The standard InChI is InChI=1S/C10H14BrN/c1-7-4-9(6-12-3)5-8(2)10(7)11/h4-5,12H,6H2,1-3H3. The minimum Gasteiger partial charge on any atom is -0.316 e. The normalized spacial score (nSPS) is 10.3. The first-order chi connectivity index (χ1) is 5.65. The van der Waals surface area contributed by atoms with Gasteiger partial charge in [0, 0.05) is 11.0 Å². The highest BCUT2D eigenvalue weighted by atomic mass is 79.9. The van der Waals surface area contributed by atoms with Crippen LogP contribution in [-0.2, 0) is 6.54 Å². The maximum atomic E-state index is 3.54. The van der Waals surface area contributed by atoms with Gasteiger partial charge in [-0.25, -0.2) is 0 Å². The predicted molar refractivity (Wildman–Crippen MR) is 56.4 cm³/mol. The molecule has 0 spiro atoms. The number of hydrogen-bond acceptors (Lipinski definition) is 1. The summed E-state index contributed by atoms with van der Waals surface area (Å²) in [6, 6.07) is 4.40. The molecule has 0 heterocycles. The summed E-state index contributed by atoms with van der Waals surface area (Å²) >= 11 is 3.54. The van der Waals surface area contributed by atoms with E-state index in [1.165, 1.54) is 21.2 Å². The van der Waals surface area contributed by atoms with E-state index >= 15 is 0 Å². The van der Waals surface area contributed by atoms with Gasteiger partial charge in [0.1, 0.15) is 0 Å². The SMILES string of the molecule is CNCc1cc(C)c(Br)c(C)c1. The van der Waals surface area contributed by atoms with Gasteiger partial charge in [0.25, 0.3) is 0 Å². The van der Waals surface area contributed by atoms with Crippen molar-refractivity contribution in [1.82, 2.24) is 5.32 Å². The van der Waals surface area contributed by atoms with Crippen molar-refractivity contribution in [3.63, 3.8) is 0 Å². The Morgan fingerprint density at radius 2 is 1.75 bits per heavy atom. The third-order valence-corrected chi connectivity index (χ3v) is 3.13. The molecule has 0 aliphatic heterocycles. The molecule has 1 aromatic carbocycles. The van der Waals surface area contributed by atoms with Gasteiger partial charge in [-0.3, -0.25) is 0 Å². The minimum absolute atomic E-state index is 0.939. The van der Waals surface area contributed by atoms with Gasteiger partial charge in [0.15, 0.2) is 0 Å². The van der Waals surface area contributed by atoms with Crippen LogP contribution in [0, 0.1) is 13.8 Å². The average molecular weight is 228 g/mol. The van der Waals surface area contributed by atoms with Crippen molar-refractivity contribution in [1.29, 1.82) is 0 Å². The fourth-order valence-electron chi connectivity index (χ4n) is 1.34. The Morgan fingerprint density at radius 3 is 2.17 bits per heavy atom. The van der Waals surface area contributed by atoms with E-state index in [2.05, 4.69) is 47.2 Å². The molecule has 1 aromatic rings. The van der Waals surface area contributed by atoms with Crippen LogP contribution in [0.2, 0.25) is 0 Å². The molecule has 0 amide bonds. The highest BCUT2D eigenvalue weighted by Crippen LogP contribution is 2.22. The van der Waals surface area contributed by atoms with Crippen molar-refractivity contribution >= 4 is 15.9 Å². The highest BCUT2D eigenvalue weighted by Gasteiger charge is 2.00. The molecule has 1 N–H and O–H groups in total. The van der Waals surface area contributed by atoms with Crippen LogP contribution >= 0.6 is 15.9 Å². The Hall–Kier alpha value is -0.340. The molecule has 0 aliphatic carbocycles. The van der Waals surface area contributed by atoms with E-state index in [4.69, 9.17) is 0 Å². The minimum atomic E-state index is 0.939. The van der Waals surface area contributed by atoms with E-state index in [0.29, 0.717) is 0 Å².